The number of rotatable bonds is 7. The van der Waals surface area contributed by atoms with Gasteiger partial charge in [0.25, 0.3) is 5.91 Å². The zero-order valence-electron chi connectivity index (χ0n) is 13.4. The van der Waals surface area contributed by atoms with Crippen LogP contribution in [0.3, 0.4) is 0 Å². The van der Waals surface area contributed by atoms with Crippen molar-refractivity contribution in [3.63, 3.8) is 0 Å². The molecular weight excluding hydrogens is 310 g/mol. The Bertz CT molecular complexity index is 763. The zero-order valence-corrected chi connectivity index (χ0v) is 13.4. The van der Waals surface area contributed by atoms with E-state index in [1.54, 1.807) is 12.4 Å². The van der Waals surface area contributed by atoms with Crippen molar-refractivity contribution in [3.05, 3.63) is 35.9 Å². The predicted molar refractivity (Wildman–Crippen MR) is 89.7 cm³/mol. The Morgan fingerprint density at radius 3 is 2.58 bits per heavy atom. The number of carbonyl (C=O) groups is 2. The normalized spacial score (nSPS) is 11.6. The van der Waals surface area contributed by atoms with Gasteiger partial charge in [-0.25, -0.2) is 9.97 Å². The first-order valence-corrected chi connectivity index (χ1v) is 7.32. The third-order valence-corrected chi connectivity index (χ3v) is 3.22. The van der Waals surface area contributed by atoms with E-state index in [0.29, 0.717) is 17.9 Å². The molecule has 2 amide bonds. The first-order valence-electron chi connectivity index (χ1n) is 7.32. The van der Waals surface area contributed by atoms with Crippen LogP contribution in [0.15, 0.2) is 24.7 Å². The third-order valence-electron chi connectivity index (χ3n) is 3.22. The van der Waals surface area contributed by atoms with E-state index in [1.807, 2.05) is 19.9 Å². The highest BCUT2D eigenvalue weighted by Crippen LogP contribution is 2.19. The maximum Gasteiger partial charge on any atom is 0.271 e. The summed E-state index contributed by atoms with van der Waals surface area (Å²) in [4.78, 5) is 35.2. The van der Waals surface area contributed by atoms with E-state index in [9.17, 15) is 9.59 Å². The van der Waals surface area contributed by atoms with Crippen molar-refractivity contribution in [2.24, 2.45) is 11.5 Å². The molecule has 0 fully saturated rings. The standard InChI is InChI=1S/C15H19N7O2/c1-3-10(13(16)23)21-11-7-19-12(14(17)24)15(22-11)20-9-4-8(2)5-18-6-9/h4-7,10H,3H2,1-2H3,(H2,16,23)(H2,17,24)(H2,20,21,22). The van der Waals surface area contributed by atoms with E-state index < -0.39 is 17.9 Å². The molecule has 9 heteroatoms. The highest BCUT2D eigenvalue weighted by atomic mass is 16.1. The number of nitrogens with one attached hydrogen (secondary N) is 2. The fourth-order valence-electron chi connectivity index (χ4n) is 2.04. The molecule has 9 nitrogen and oxygen atoms in total. The summed E-state index contributed by atoms with van der Waals surface area (Å²) in [5, 5.41) is 5.84. The van der Waals surface area contributed by atoms with Gasteiger partial charge in [0.05, 0.1) is 18.1 Å². The van der Waals surface area contributed by atoms with Gasteiger partial charge in [0.2, 0.25) is 5.91 Å². The minimum atomic E-state index is -0.723. The molecule has 0 saturated heterocycles. The average molecular weight is 329 g/mol. The summed E-state index contributed by atoms with van der Waals surface area (Å²) in [5.41, 5.74) is 12.2. The van der Waals surface area contributed by atoms with E-state index >= 15 is 0 Å². The fraction of sp³-hybridized carbons (Fsp3) is 0.267. The lowest BCUT2D eigenvalue weighted by atomic mass is 10.2. The summed E-state index contributed by atoms with van der Waals surface area (Å²) >= 11 is 0. The van der Waals surface area contributed by atoms with Gasteiger partial charge in [-0.1, -0.05) is 6.92 Å². The number of pyridine rings is 1. The number of nitrogens with two attached hydrogens (primary N) is 2. The van der Waals surface area contributed by atoms with Crippen LogP contribution in [0.1, 0.15) is 29.4 Å². The van der Waals surface area contributed by atoms with Crippen LogP contribution in [0.25, 0.3) is 0 Å². The molecule has 0 spiro atoms. The average Bonchev–Trinajstić information content (AvgIpc) is 2.52. The van der Waals surface area contributed by atoms with Crippen molar-refractivity contribution in [3.8, 4) is 0 Å². The second-order valence-corrected chi connectivity index (χ2v) is 5.20. The lowest BCUT2D eigenvalue weighted by Gasteiger charge is -2.15. The molecule has 2 heterocycles. The molecule has 2 aromatic heterocycles. The number of carbonyl (C=O) groups excluding carboxylic acids is 2. The molecule has 24 heavy (non-hydrogen) atoms. The van der Waals surface area contributed by atoms with Gasteiger partial charge in [0, 0.05) is 6.20 Å². The number of anilines is 3. The molecule has 126 valence electrons. The Labute approximate surface area is 138 Å². The summed E-state index contributed by atoms with van der Waals surface area (Å²) in [6, 6.07) is 1.24. The Kier molecular flexibility index (Phi) is 5.25. The summed E-state index contributed by atoms with van der Waals surface area (Å²) < 4.78 is 0. The van der Waals surface area contributed by atoms with Gasteiger partial charge < -0.3 is 22.1 Å². The second kappa shape index (κ2) is 7.36. The molecule has 0 bridgehead atoms. The monoisotopic (exact) mass is 329 g/mol. The van der Waals surface area contributed by atoms with Crippen molar-refractivity contribution < 1.29 is 9.59 Å². The quantitative estimate of drug-likeness (QED) is 0.584. The van der Waals surface area contributed by atoms with Crippen LogP contribution in [0.2, 0.25) is 0 Å². The largest absolute Gasteiger partial charge is 0.368 e. The molecule has 6 N–H and O–H groups in total. The molecule has 2 rings (SSSR count). The van der Waals surface area contributed by atoms with E-state index in [2.05, 4.69) is 25.6 Å². The van der Waals surface area contributed by atoms with Gasteiger partial charge >= 0.3 is 0 Å². The molecule has 0 aliphatic heterocycles. The first kappa shape index (κ1) is 17.1. The van der Waals surface area contributed by atoms with Gasteiger partial charge in [0.1, 0.15) is 11.9 Å². The highest BCUT2D eigenvalue weighted by molar-refractivity contribution is 5.96. The smallest absolute Gasteiger partial charge is 0.271 e. The number of hydrogen-bond donors (Lipinski definition) is 4. The van der Waals surface area contributed by atoms with Gasteiger partial charge in [-0.3, -0.25) is 14.6 Å². The fourth-order valence-corrected chi connectivity index (χ4v) is 2.04. The lowest BCUT2D eigenvalue weighted by molar-refractivity contribution is -0.118. The topological polar surface area (TPSA) is 149 Å². The van der Waals surface area contributed by atoms with E-state index in [1.165, 1.54) is 6.20 Å². The summed E-state index contributed by atoms with van der Waals surface area (Å²) in [7, 11) is 0. The predicted octanol–water partition coefficient (Wildman–Crippen LogP) is 0.698. The number of nitrogens with zero attached hydrogens (tertiary/aromatic N) is 3. The maximum atomic E-state index is 11.5. The molecule has 0 aliphatic carbocycles. The Balaban J connectivity index is 2.34. The Morgan fingerprint density at radius 2 is 2.00 bits per heavy atom. The molecular formula is C15H19N7O2. The van der Waals surface area contributed by atoms with Crippen LogP contribution in [0.5, 0.6) is 0 Å². The number of aryl methyl sites for hydroxylation is 1. The number of hydrogen-bond acceptors (Lipinski definition) is 7. The van der Waals surface area contributed by atoms with E-state index in [-0.39, 0.29) is 11.5 Å². The minimum Gasteiger partial charge on any atom is -0.368 e. The third kappa shape index (κ3) is 4.15. The lowest BCUT2D eigenvalue weighted by Crippen LogP contribution is -2.35. The van der Waals surface area contributed by atoms with E-state index in [4.69, 9.17) is 11.5 Å². The molecule has 0 radical (unpaired) electrons. The number of amides is 2. The van der Waals surface area contributed by atoms with Gasteiger partial charge in [-0.15, -0.1) is 0 Å². The van der Waals surface area contributed by atoms with Crippen molar-refractivity contribution in [1.82, 2.24) is 15.0 Å². The van der Waals surface area contributed by atoms with Crippen LogP contribution >= 0.6 is 0 Å². The first-order chi connectivity index (χ1) is 11.4. The molecule has 1 unspecified atom stereocenters. The van der Waals surface area contributed by atoms with Crippen molar-refractivity contribution in [2.75, 3.05) is 10.6 Å². The van der Waals surface area contributed by atoms with Crippen LogP contribution in [-0.2, 0) is 4.79 Å². The van der Waals surface area contributed by atoms with Gasteiger partial charge in [0.15, 0.2) is 11.5 Å². The molecule has 0 saturated carbocycles. The summed E-state index contributed by atoms with van der Waals surface area (Å²) in [6.45, 7) is 3.70. The van der Waals surface area contributed by atoms with Gasteiger partial charge in [-0.05, 0) is 25.0 Å². The number of aromatic nitrogens is 3. The summed E-state index contributed by atoms with van der Waals surface area (Å²) in [6.07, 6.45) is 5.09. The number of primary amides is 2. The molecule has 2 aromatic rings. The van der Waals surface area contributed by atoms with Crippen molar-refractivity contribution in [2.45, 2.75) is 26.3 Å². The highest BCUT2D eigenvalue weighted by Gasteiger charge is 2.17. The Morgan fingerprint density at radius 1 is 1.25 bits per heavy atom. The van der Waals surface area contributed by atoms with E-state index in [0.717, 1.165) is 5.56 Å². The maximum absolute atomic E-state index is 11.5. The Hall–Kier alpha value is -3.23. The van der Waals surface area contributed by atoms with Gasteiger partial charge in [-0.2, -0.15) is 0 Å². The zero-order chi connectivity index (χ0) is 17.7. The molecule has 1 atom stereocenters. The van der Waals surface area contributed by atoms with Crippen molar-refractivity contribution >= 4 is 29.1 Å². The summed E-state index contributed by atoms with van der Waals surface area (Å²) in [5.74, 6) is -0.761. The second-order valence-electron chi connectivity index (χ2n) is 5.20. The van der Waals surface area contributed by atoms with Crippen LogP contribution in [-0.4, -0.2) is 32.8 Å². The SMILES string of the molecule is CCC(Nc1cnc(C(N)=O)c(Nc2cncc(C)c2)n1)C(N)=O. The van der Waals surface area contributed by atoms with Crippen molar-refractivity contribution in [1.29, 1.82) is 0 Å². The van der Waals surface area contributed by atoms with Crippen LogP contribution in [0, 0.1) is 6.92 Å². The molecule has 0 aliphatic rings. The van der Waals surface area contributed by atoms with Crippen LogP contribution in [0.4, 0.5) is 17.3 Å². The minimum absolute atomic E-state index is 0.0193. The molecule has 0 aromatic carbocycles. The van der Waals surface area contributed by atoms with Crippen LogP contribution < -0.4 is 22.1 Å².